The van der Waals surface area contributed by atoms with Crippen LogP contribution in [0.25, 0.3) is 0 Å². The number of hydrazine groups is 1. The van der Waals surface area contributed by atoms with E-state index in [2.05, 4.69) is 91.9 Å². The number of nitrogens with one attached hydrogen (secondary N) is 2. The summed E-state index contributed by atoms with van der Waals surface area (Å²) in [7, 11) is 1.88. The molecule has 0 aromatic heterocycles. The molecule has 0 aliphatic carbocycles. The van der Waals surface area contributed by atoms with E-state index in [4.69, 9.17) is 10.6 Å². The number of carbonyl (C=O) groups excluding carboxylic acids is 1. The van der Waals surface area contributed by atoms with Gasteiger partial charge in [0.1, 0.15) is 0 Å². The standard InChI is InChI=1S/C33H44N4O2/c1-7-39-31(38)17-29(28-14-15-30(35-6)32(36-34)23(28)3)24-13-12-22(2)27(16-24)20-37-19-26-11-9-8-10-25(26)18-33(4,5)21-37/h8-16,29,35-36H,7,17-21,34H2,1-6H3. The molecule has 0 spiro atoms. The Morgan fingerprint density at radius 3 is 2.54 bits per heavy atom. The molecule has 3 aromatic rings. The highest BCUT2D eigenvalue weighted by molar-refractivity contribution is 5.76. The van der Waals surface area contributed by atoms with Gasteiger partial charge in [0.2, 0.25) is 0 Å². The molecule has 6 heteroatoms. The molecule has 0 bridgehead atoms. The quantitative estimate of drug-likeness (QED) is 0.172. The lowest BCUT2D eigenvalue weighted by molar-refractivity contribution is -0.143. The fourth-order valence-electron chi connectivity index (χ4n) is 6.08. The van der Waals surface area contributed by atoms with Crippen LogP contribution in [0.4, 0.5) is 11.4 Å². The number of anilines is 2. The number of carbonyl (C=O) groups is 1. The number of nitrogens with two attached hydrogens (primary N) is 1. The second kappa shape index (κ2) is 12.2. The van der Waals surface area contributed by atoms with Gasteiger partial charge < -0.3 is 15.5 Å². The van der Waals surface area contributed by atoms with E-state index in [9.17, 15) is 4.79 Å². The molecule has 4 N–H and O–H groups in total. The van der Waals surface area contributed by atoms with Gasteiger partial charge in [-0.1, -0.05) is 62.4 Å². The van der Waals surface area contributed by atoms with Gasteiger partial charge in [0.25, 0.3) is 0 Å². The van der Waals surface area contributed by atoms with Crippen molar-refractivity contribution in [3.8, 4) is 0 Å². The number of nitrogen functional groups attached to an aromatic ring is 1. The minimum atomic E-state index is -0.199. The number of fused-ring (bicyclic) bond motifs is 1. The summed E-state index contributed by atoms with van der Waals surface area (Å²) in [6.45, 7) is 14.0. The molecule has 1 atom stereocenters. The molecule has 1 unspecified atom stereocenters. The van der Waals surface area contributed by atoms with Crippen molar-refractivity contribution >= 4 is 17.3 Å². The van der Waals surface area contributed by atoms with E-state index in [1.165, 1.54) is 22.3 Å². The van der Waals surface area contributed by atoms with Crippen LogP contribution in [0.3, 0.4) is 0 Å². The van der Waals surface area contributed by atoms with Crippen LogP contribution in [-0.2, 0) is 29.0 Å². The molecule has 0 radical (unpaired) electrons. The van der Waals surface area contributed by atoms with Crippen LogP contribution >= 0.6 is 0 Å². The molecule has 0 fully saturated rings. The first kappa shape index (κ1) is 28.7. The first-order valence-corrected chi connectivity index (χ1v) is 14.0. The van der Waals surface area contributed by atoms with E-state index in [0.717, 1.165) is 54.1 Å². The van der Waals surface area contributed by atoms with Crippen molar-refractivity contribution in [2.45, 2.75) is 66.5 Å². The Morgan fingerprint density at radius 1 is 1.10 bits per heavy atom. The number of nitrogens with zero attached hydrogens (tertiary/aromatic N) is 1. The molecule has 0 saturated carbocycles. The summed E-state index contributed by atoms with van der Waals surface area (Å²) in [5, 5.41) is 3.20. The zero-order chi connectivity index (χ0) is 28.2. The minimum Gasteiger partial charge on any atom is -0.466 e. The Hall–Kier alpha value is -3.35. The van der Waals surface area contributed by atoms with E-state index in [0.29, 0.717) is 6.61 Å². The average Bonchev–Trinajstić information content (AvgIpc) is 3.02. The molecule has 39 heavy (non-hydrogen) atoms. The molecule has 208 valence electrons. The summed E-state index contributed by atoms with van der Waals surface area (Å²) in [6, 6.07) is 19.6. The maximum atomic E-state index is 12.8. The van der Waals surface area contributed by atoms with Crippen LogP contribution < -0.4 is 16.6 Å². The summed E-state index contributed by atoms with van der Waals surface area (Å²) in [5.41, 5.74) is 13.4. The monoisotopic (exact) mass is 528 g/mol. The summed E-state index contributed by atoms with van der Waals surface area (Å²) in [5.74, 6) is 5.56. The van der Waals surface area contributed by atoms with Gasteiger partial charge in [-0.05, 0) is 77.6 Å². The predicted molar refractivity (Wildman–Crippen MR) is 161 cm³/mol. The third kappa shape index (κ3) is 6.63. The largest absolute Gasteiger partial charge is 0.466 e. The number of ether oxygens (including phenoxy) is 1. The lowest BCUT2D eigenvalue weighted by Gasteiger charge is -2.30. The lowest BCUT2D eigenvalue weighted by Crippen LogP contribution is -2.32. The van der Waals surface area contributed by atoms with E-state index < -0.39 is 0 Å². The van der Waals surface area contributed by atoms with Gasteiger partial charge in [-0.3, -0.25) is 15.5 Å². The summed E-state index contributed by atoms with van der Waals surface area (Å²) < 4.78 is 5.40. The van der Waals surface area contributed by atoms with Crippen LogP contribution in [0, 0.1) is 19.3 Å². The molecular weight excluding hydrogens is 484 g/mol. The third-order valence-corrected chi connectivity index (χ3v) is 7.97. The maximum absolute atomic E-state index is 12.8. The summed E-state index contributed by atoms with van der Waals surface area (Å²) in [6.07, 6.45) is 1.35. The first-order chi connectivity index (χ1) is 18.7. The number of rotatable bonds is 9. The molecule has 6 nitrogen and oxygen atoms in total. The topological polar surface area (TPSA) is 79.6 Å². The van der Waals surface area contributed by atoms with E-state index in [1.54, 1.807) is 0 Å². The Balaban J connectivity index is 1.72. The van der Waals surface area contributed by atoms with Crippen molar-refractivity contribution in [1.82, 2.24) is 4.90 Å². The van der Waals surface area contributed by atoms with Gasteiger partial charge in [0.05, 0.1) is 24.4 Å². The second-order valence-electron chi connectivity index (χ2n) is 11.6. The van der Waals surface area contributed by atoms with E-state index in [1.807, 2.05) is 20.0 Å². The van der Waals surface area contributed by atoms with Crippen LogP contribution in [0.5, 0.6) is 0 Å². The lowest BCUT2D eigenvalue weighted by atomic mass is 9.83. The highest BCUT2D eigenvalue weighted by atomic mass is 16.5. The number of esters is 1. The Morgan fingerprint density at radius 2 is 1.85 bits per heavy atom. The van der Waals surface area contributed by atoms with Crippen molar-refractivity contribution in [2.24, 2.45) is 11.3 Å². The number of benzene rings is 3. The van der Waals surface area contributed by atoms with Gasteiger partial charge >= 0.3 is 5.97 Å². The summed E-state index contributed by atoms with van der Waals surface area (Å²) in [4.78, 5) is 15.4. The van der Waals surface area contributed by atoms with E-state index in [-0.39, 0.29) is 23.7 Å². The van der Waals surface area contributed by atoms with Crippen molar-refractivity contribution in [3.05, 3.63) is 93.5 Å². The molecule has 4 rings (SSSR count). The maximum Gasteiger partial charge on any atom is 0.306 e. The molecule has 0 amide bonds. The zero-order valence-electron chi connectivity index (χ0n) is 24.4. The highest BCUT2D eigenvalue weighted by Gasteiger charge is 2.28. The van der Waals surface area contributed by atoms with E-state index >= 15 is 0 Å². The smallest absolute Gasteiger partial charge is 0.306 e. The zero-order valence-corrected chi connectivity index (χ0v) is 24.4. The number of hydrogen-bond acceptors (Lipinski definition) is 6. The molecule has 1 aliphatic heterocycles. The van der Waals surface area contributed by atoms with Crippen LogP contribution in [0.1, 0.15) is 72.1 Å². The third-order valence-electron chi connectivity index (χ3n) is 7.97. The molecule has 1 aliphatic rings. The molecule has 3 aromatic carbocycles. The Labute approximate surface area is 233 Å². The van der Waals surface area contributed by atoms with Crippen LogP contribution in [0.15, 0.2) is 54.6 Å². The van der Waals surface area contributed by atoms with Crippen molar-refractivity contribution in [3.63, 3.8) is 0 Å². The fourth-order valence-corrected chi connectivity index (χ4v) is 6.08. The van der Waals surface area contributed by atoms with Crippen LogP contribution in [0.2, 0.25) is 0 Å². The van der Waals surface area contributed by atoms with Gasteiger partial charge in [-0.15, -0.1) is 0 Å². The number of hydrogen-bond donors (Lipinski definition) is 3. The molecular formula is C33H44N4O2. The summed E-state index contributed by atoms with van der Waals surface area (Å²) >= 11 is 0. The SMILES string of the molecule is CCOC(=O)CC(c1ccc(C)c(CN2Cc3ccccc3CC(C)(C)C2)c1)c1ccc(NC)c(NN)c1C. The van der Waals surface area contributed by atoms with Crippen molar-refractivity contribution < 1.29 is 9.53 Å². The number of aryl methyl sites for hydroxylation is 1. The Kier molecular flexibility index (Phi) is 8.98. The predicted octanol–water partition coefficient (Wildman–Crippen LogP) is 6.30. The first-order valence-electron chi connectivity index (χ1n) is 14.0. The Bertz CT molecular complexity index is 1320. The molecule has 0 saturated heterocycles. The van der Waals surface area contributed by atoms with Crippen molar-refractivity contribution in [1.29, 1.82) is 0 Å². The second-order valence-corrected chi connectivity index (χ2v) is 11.6. The normalized spacial score (nSPS) is 15.7. The van der Waals surface area contributed by atoms with Crippen molar-refractivity contribution in [2.75, 3.05) is 30.9 Å². The fraction of sp³-hybridized carbons (Fsp3) is 0.424. The van der Waals surface area contributed by atoms with Gasteiger partial charge in [-0.25, -0.2) is 0 Å². The highest BCUT2D eigenvalue weighted by Crippen LogP contribution is 2.38. The van der Waals surface area contributed by atoms with Gasteiger partial charge in [0, 0.05) is 32.6 Å². The van der Waals surface area contributed by atoms with Gasteiger partial charge in [-0.2, -0.15) is 0 Å². The minimum absolute atomic E-state index is 0.150. The van der Waals surface area contributed by atoms with Gasteiger partial charge in [0.15, 0.2) is 0 Å². The molecule has 1 heterocycles. The van der Waals surface area contributed by atoms with Crippen LogP contribution in [-0.4, -0.2) is 31.1 Å². The average molecular weight is 529 g/mol.